The van der Waals surface area contributed by atoms with Gasteiger partial charge in [-0.2, -0.15) is 0 Å². The molecule has 0 radical (unpaired) electrons. The molecule has 7 heteroatoms. The van der Waals surface area contributed by atoms with Crippen LogP contribution in [0.3, 0.4) is 0 Å². The van der Waals surface area contributed by atoms with Crippen molar-refractivity contribution in [2.45, 2.75) is 24.8 Å². The summed E-state index contributed by atoms with van der Waals surface area (Å²) in [6.07, 6.45) is 0. The molecule has 100 valence electrons. The predicted octanol–water partition coefficient (Wildman–Crippen LogP) is -0.255. The van der Waals surface area contributed by atoms with Crippen molar-refractivity contribution in [2.24, 2.45) is 0 Å². The summed E-state index contributed by atoms with van der Waals surface area (Å²) in [5.74, 6) is -1.37. The van der Waals surface area contributed by atoms with Gasteiger partial charge < -0.3 is 14.6 Å². The van der Waals surface area contributed by atoms with E-state index < -0.39 is 16.0 Å². The fraction of sp³-hybridized carbons (Fsp3) is 0.364. The Kier molecular flexibility index (Phi) is 4.31. The van der Waals surface area contributed by atoms with Crippen molar-refractivity contribution >= 4 is 16.0 Å². The Morgan fingerprint density at radius 3 is 2.44 bits per heavy atom. The number of hydrogen-bond donors (Lipinski definition) is 1. The van der Waals surface area contributed by atoms with Crippen molar-refractivity contribution in [1.29, 1.82) is 0 Å². The van der Waals surface area contributed by atoms with E-state index in [1.807, 2.05) is 0 Å². The van der Waals surface area contributed by atoms with Crippen LogP contribution < -0.4 is 14.6 Å². The molecule has 0 bridgehead atoms. The quantitative estimate of drug-likeness (QED) is 0.797. The van der Waals surface area contributed by atoms with E-state index in [1.165, 1.54) is 19.2 Å². The molecule has 0 fully saturated rings. The van der Waals surface area contributed by atoms with Gasteiger partial charge in [0.15, 0.2) is 0 Å². The van der Waals surface area contributed by atoms with E-state index in [9.17, 15) is 18.3 Å². The van der Waals surface area contributed by atoms with Crippen LogP contribution in [0.1, 0.15) is 24.2 Å². The van der Waals surface area contributed by atoms with E-state index in [4.69, 9.17) is 4.74 Å². The number of carboxylic acid groups (broad SMARTS) is 1. The van der Waals surface area contributed by atoms with E-state index in [1.54, 1.807) is 13.8 Å². The van der Waals surface area contributed by atoms with Crippen molar-refractivity contribution < 1.29 is 23.1 Å². The minimum atomic E-state index is -3.82. The van der Waals surface area contributed by atoms with Crippen LogP contribution in [0.5, 0.6) is 5.75 Å². The zero-order valence-corrected chi connectivity index (χ0v) is 11.1. The monoisotopic (exact) mass is 272 g/mol. The Hall–Kier alpha value is -1.60. The number of aromatic carboxylic acids is 1. The summed E-state index contributed by atoms with van der Waals surface area (Å²) in [7, 11) is -2.52. The number of methoxy groups -OCH3 is 1. The maximum absolute atomic E-state index is 12.0. The van der Waals surface area contributed by atoms with Crippen LogP contribution in [0.25, 0.3) is 0 Å². The largest absolute Gasteiger partial charge is 0.545 e. The van der Waals surface area contributed by atoms with Gasteiger partial charge in [0.1, 0.15) is 10.6 Å². The zero-order chi connectivity index (χ0) is 13.9. The molecule has 0 atom stereocenters. The molecule has 0 unspecified atom stereocenters. The van der Waals surface area contributed by atoms with Gasteiger partial charge in [0.25, 0.3) is 0 Å². The summed E-state index contributed by atoms with van der Waals surface area (Å²) >= 11 is 0. The summed E-state index contributed by atoms with van der Waals surface area (Å²) < 4.78 is 31.3. The first-order valence-corrected chi connectivity index (χ1v) is 6.68. The Balaban J connectivity index is 3.36. The van der Waals surface area contributed by atoms with Crippen LogP contribution >= 0.6 is 0 Å². The SMILES string of the molecule is COc1ccc(C(=O)[O-])cc1S(=O)(=O)NC(C)C. The van der Waals surface area contributed by atoms with Crippen molar-refractivity contribution in [3.8, 4) is 5.75 Å². The van der Waals surface area contributed by atoms with Gasteiger partial charge in [-0.3, -0.25) is 0 Å². The molecule has 0 amide bonds. The van der Waals surface area contributed by atoms with Crippen molar-refractivity contribution in [3.05, 3.63) is 23.8 Å². The number of rotatable bonds is 5. The zero-order valence-electron chi connectivity index (χ0n) is 10.3. The molecule has 0 aliphatic carbocycles. The lowest BCUT2D eigenvalue weighted by atomic mass is 10.2. The van der Waals surface area contributed by atoms with E-state index in [0.717, 1.165) is 6.07 Å². The van der Waals surface area contributed by atoms with E-state index >= 15 is 0 Å². The fourth-order valence-corrected chi connectivity index (χ4v) is 2.83. The van der Waals surface area contributed by atoms with Crippen LogP contribution in [0.15, 0.2) is 23.1 Å². The predicted molar refractivity (Wildman–Crippen MR) is 62.8 cm³/mol. The third kappa shape index (κ3) is 3.21. The molecule has 0 aliphatic rings. The average Bonchev–Trinajstić information content (AvgIpc) is 2.26. The van der Waals surface area contributed by atoms with Gasteiger partial charge >= 0.3 is 0 Å². The Bertz CT molecular complexity index is 551. The van der Waals surface area contributed by atoms with Crippen molar-refractivity contribution in [2.75, 3.05) is 7.11 Å². The molecule has 6 nitrogen and oxygen atoms in total. The van der Waals surface area contributed by atoms with Crippen LogP contribution in [0.4, 0.5) is 0 Å². The van der Waals surface area contributed by atoms with Gasteiger partial charge in [0, 0.05) is 6.04 Å². The Morgan fingerprint density at radius 1 is 1.39 bits per heavy atom. The van der Waals surface area contributed by atoms with Gasteiger partial charge in [-0.15, -0.1) is 0 Å². The highest BCUT2D eigenvalue weighted by Crippen LogP contribution is 2.24. The summed E-state index contributed by atoms with van der Waals surface area (Å²) in [5, 5.41) is 10.7. The maximum Gasteiger partial charge on any atom is 0.244 e. The molecule has 18 heavy (non-hydrogen) atoms. The van der Waals surface area contributed by atoms with Gasteiger partial charge in [0.05, 0.1) is 13.1 Å². The molecule has 1 aromatic rings. The minimum absolute atomic E-state index is 0.0770. The number of carboxylic acids is 1. The molecular formula is C11H14NO5S-. The molecular weight excluding hydrogens is 258 g/mol. The molecule has 1 aromatic carbocycles. The first-order chi connectivity index (χ1) is 8.27. The number of carbonyl (C=O) groups excluding carboxylic acids is 1. The number of carbonyl (C=O) groups is 1. The lowest BCUT2D eigenvalue weighted by Crippen LogP contribution is -2.31. The summed E-state index contributed by atoms with van der Waals surface area (Å²) in [6.45, 7) is 3.32. The van der Waals surface area contributed by atoms with Crippen LogP contribution in [-0.2, 0) is 10.0 Å². The third-order valence-corrected chi connectivity index (χ3v) is 3.76. The van der Waals surface area contributed by atoms with E-state index in [-0.39, 0.29) is 22.3 Å². The van der Waals surface area contributed by atoms with E-state index in [2.05, 4.69) is 4.72 Å². The highest BCUT2D eigenvalue weighted by atomic mass is 32.2. The smallest absolute Gasteiger partial charge is 0.244 e. The normalized spacial score (nSPS) is 11.6. The fourth-order valence-electron chi connectivity index (χ4n) is 1.39. The molecule has 0 saturated carbocycles. The number of benzene rings is 1. The summed E-state index contributed by atoms with van der Waals surface area (Å²) in [4.78, 5) is 10.5. The number of ether oxygens (including phenoxy) is 1. The van der Waals surface area contributed by atoms with Gasteiger partial charge in [-0.1, -0.05) is 0 Å². The Morgan fingerprint density at radius 2 is 2.00 bits per heavy atom. The highest BCUT2D eigenvalue weighted by molar-refractivity contribution is 7.89. The molecule has 0 aliphatic heterocycles. The molecule has 1 N–H and O–H groups in total. The molecule has 0 aromatic heterocycles. The first-order valence-electron chi connectivity index (χ1n) is 5.19. The third-order valence-electron chi connectivity index (χ3n) is 2.08. The van der Waals surface area contributed by atoms with Crippen molar-refractivity contribution in [3.63, 3.8) is 0 Å². The lowest BCUT2D eigenvalue weighted by Gasteiger charge is -2.14. The van der Waals surface area contributed by atoms with Gasteiger partial charge in [-0.05, 0) is 37.6 Å². The number of sulfonamides is 1. The number of hydrogen-bond acceptors (Lipinski definition) is 5. The molecule has 0 heterocycles. The molecule has 0 spiro atoms. The van der Waals surface area contributed by atoms with E-state index in [0.29, 0.717) is 0 Å². The van der Waals surface area contributed by atoms with Gasteiger partial charge in [0.2, 0.25) is 10.0 Å². The van der Waals surface area contributed by atoms with Crippen molar-refractivity contribution in [1.82, 2.24) is 4.72 Å². The molecule has 0 saturated heterocycles. The van der Waals surface area contributed by atoms with Crippen LogP contribution in [-0.4, -0.2) is 27.5 Å². The van der Waals surface area contributed by atoms with Gasteiger partial charge in [-0.25, -0.2) is 13.1 Å². The highest BCUT2D eigenvalue weighted by Gasteiger charge is 2.21. The first kappa shape index (κ1) is 14.5. The Labute approximate surface area is 106 Å². The number of nitrogens with one attached hydrogen (secondary N) is 1. The molecule has 1 rings (SSSR count). The minimum Gasteiger partial charge on any atom is -0.545 e. The second-order valence-corrected chi connectivity index (χ2v) is 5.61. The average molecular weight is 272 g/mol. The maximum atomic E-state index is 12.0. The summed E-state index contributed by atoms with van der Waals surface area (Å²) in [5.41, 5.74) is -0.222. The second kappa shape index (κ2) is 5.36. The lowest BCUT2D eigenvalue weighted by molar-refractivity contribution is -0.255. The van der Waals surface area contributed by atoms with Crippen LogP contribution in [0, 0.1) is 0 Å². The topological polar surface area (TPSA) is 95.5 Å². The summed E-state index contributed by atoms with van der Waals surface area (Å²) in [6, 6.07) is 3.20. The van der Waals surface area contributed by atoms with Crippen LogP contribution in [0.2, 0.25) is 0 Å². The standard InChI is InChI=1S/C11H15NO5S/c1-7(2)12-18(15,16)10-6-8(11(13)14)4-5-9(10)17-3/h4-7,12H,1-3H3,(H,13,14)/p-1. The second-order valence-electron chi connectivity index (χ2n) is 3.93.